The molecule has 1 heteroatoms. The molecule has 0 unspecified atom stereocenters. The summed E-state index contributed by atoms with van der Waals surface area (Å²) in [4.78, 5) is 0. The third-order valence-corrected chi connectivity index (χ3v) is 6.84. The van der Waals surface area contributed by atoms with E-state index in [0.29, 0.717) is 0 Å². The van der Waals surface area contributed by atoms with Crippen molar-refractivity contribution in [2.75, 3.05) is 6.54 Å². The molecule has 0 spiro atoms. The molecule has 25 heavy (non-hydrogen) atoms. The van der Waals surface area contributed by atoms with Crippen molar-refractivity contribution >= 4 is 0 Å². The maximum absolute atomic E-state index is 6.32. The number of hydrogen-bond acceptors (Lipinski definition) is 1. The quantitative estimate of drug-likeness (QED) is 0.796. The van der Waals surface area contributed by atoms with Crippen molar-refractivity contribution in [3.05, 3.63) is 70.3 Å². The molecular weight excluding hydrogens is 302 g/mol. The van der Waals surface area contributed by atoms with Crippen molar-refractivity contribution in [1.82, 2.24) is 0 Å². The van der Waals surface area contributed by atoms with Gasteiger partial charge in [0.25, 0.3) is 0 Å². The van der Waals surface area contributed by atoms with E-state index in [1.165, 1.54) is 62.5 Å². The van der Waals surface area contributed by atoms with Gasteiger partial charge in [-0.15, -0.1) is 0 Å². The molecule has 1 fully saturated rings. The molecule has 0 aromatic heterocycles. The first-order chi connectivity index (χ1) is 12.2. The molecular formula is C24H31N. The van der Waals surface area contributed by atoms with Gasteiger partial charge in [0.1, 0.15) is 0 Å². The predicted molar refractivity (Wildman–Crippen MR) is 106 cm³/mol. The van der Waals surface area contributed by atoms with Gasteiger partial charge in [-0.25, -0.2) is 0 Å². The number of aryl methyl sites for hydroxylation is 2. The van der Waals surface area contributed by atoms with E-state index in [0.717, 1.165) is 12.5 Å². The number of nitrogens with two attached hydrogens (primary N) is 1. The van der Waals surface area contributed by atoms with Crippen LogP contribution in [0.25, 0.3) is 0 Å². The van der Waals surface area contributed by atoms with E-state index < -0.39 is 0 Å². The Bertz CT molecular complexity index is 738. The number of rotatable bonds is 3. The highest BCUT2D eigenvalue weighted by molar-refractivity contribution is 5.40. The Labute approximate surface area is 152 Å². The number of hydrogen-bond donors (Lipinski definition) is 1. The minimum atomic E-state index is 0.192. The SMILES string of the molecule is Cc1cccc([C@]2(CN)CC[C@@H](c3cccc4c3CCCC4)CC2)c1. The van der Waals surface area contributed by atoms with Crippen LogP contribution >= 0.6 is 0 Å². The lowest BCUT2D eigenvalue weighted by Crippen LogP contribution is -2.38. The van der Waals surface area contributed by atoms with Crippen LogP contribution in [0.2, 0.25) is 0 Å². The molecule has 1 saturated carbocycles. The van der Waals surface area contributed by atoms with Crippen LogP contribution < -0.4 is 5.73 Å². The second-order valence-corrected chi connectivity index (χ2v) is 8.32. The molecule has 132 valence electrons. The fourth-order valence-corrected chi connectivity index (χ4v) is 5.26. The van der Waals surface area contributed by atoms with Gasteiger partial charge in [0.2, 0.25) is 0 Å². The monoisotopic (exact) mass is 333 g/mol. The van der Waals surface area contributed by atoms with Crippen LogP contribution in [0.4, 0.5) is 0 Å². The highest BCUT2D eigenvalue weighted by Crippen LogP contribution is 2.46. The lowest BCUT2D eigenvalue weighted by Gasteiger charge is -2.41. The summed E-state index contributed by atoms with van der Waals surface area (Å²) in [6.07, 6.45) is 10.3. The van der Waals surface area contributed by atoms with Crippen molar-refractivity contribution in [1.29, 1.82) is 0 Å². The van der Waals surface area contributed by atoms with Gasteiger partial charge in [-0.05, 0) is 86.5 Å². The highest BCUT2D eigenvalue weighted by Gasteiger charge is 2.36. The Morgan fingerprint density at radius 3 is 2.52 bits per heavy atom. The summed E-state index contributed by atoms with van der Waals surface area (Å²) < 4.78 is 0. The second-order valence-electron chi connectivity index (χ2n) is 8.32. The summed E-state index contributed by atoms with van der Waals surface area (Å²) in [6.45, 7) is 2.96. The molecule has 1 nitrogen and oxygen atoms in total. The zero-order valence-corrected chi connectivity index (χ0v) is 15.6. The minimum absolute atomic E-state index is 0.192. The van der Waals surface area contributed by atoms with Gasteiger partial charge >= 0.3 is 0 Å². The fraction of sp³-hybridized carbons (Fsp3) is 0.500. The van der Waals surface area contributed by atoms with Crippen molar-refractivity contribution in [2.24, 2.45) is 5.73 Å². The van der Waals surface area contributed by atoms with Gasteiger partial charge in [-0.2, -0.15) is 0 Å². The van der Waals surface area contributed by atoms with Gasteiger partial charge in [-0.1, -0.05) is 48.0 Å². The normalized spacial score (nSPS) is 26.2. The maximum atomic E-state index is 6.32. The van der Waals surface area contributed by atoms with Crippen LogP contribution in [0.5, 0.6) is 0 Å². The van der Waals surface area contributed by atoms with Gasteiger partial charge in [-0.3, -0.25) is 0 Å². The van der Waals surface area contributed by atoms with Gasteiger partial charge < -0.3 is 5.73 Å². The molecule has 0 radical (unpaired) electrons. The topological polar surface area (TPSA) is 26.0 Å². The van der Waals surface area contributed by atoms with E-state index in [1.807, 2.05) is 0 Å². The van der Waals surface area contributed by atoms with Gasteiger partial charge in [0, 0.05) is 12.0 Å². The lowest BCUT2D eigenvalue weighted by atomic mass is 9.64. The third kappa shape index (κ3) is 3.15. The molecule has 2 N–H and O–H groups in total. The average Bonchev–Trinajstić information content (AvgIpc) is 2.68. The summed E-state index contributed by atoms with van der Waals surface area (Å²) in [7, 11) is 0. The van der Waals surface area contributed by atoms with Crippen molar-refractivity contribution in [3.63, 3.8) is 0 Å². The minimum Gasteiger partial charge on any atom is -0.330 e. The van der Waals surface area contributed by atoms with Gasteiger partial charge in [0.05, 0.1) is 0 Å². The average molecular weight is 334 g/mol. The Kier molecular flexibility index (Phi) is 4.69. The summed E-state index contributed by atoms with van der Waals surface area (Å²) in [5, 5.41) is 0. The Balaban J connectivity index is 1.57. The largest absolute Gasteiger partial charge is 0.330 e. The third-order valence-electron chi connectivity index (χ3n) is 6.84. The van der Waals surface area contributed by atoms with Crippen LogP contribution in [0.15, 0.2) is 42.5 Å². The predicted octanol–water partition coefficient (Wildman–Crippen LogP) is 5.43. The van der Waals surface area contributed by atoms with E-state index in [-0.39, 0.29) is 5.41 Å². The molecule has 4 rings (SSSR count). The number of fused-ring (bicyclic) bond motifs is 1. The van der Waals surface area contributed by atoms with Crippen LogP contribution in [0, 0.1) is 6.92 Å². The van der Waals surface area contributed by atoms with Crippen LogP contribution in [0.3, 0.4) is 0 Å². The Hall–Kier alpha value is -1.60. The zero-order chi connectivity index (χ0) is 17.3. The van der Waals surface area contributed by atoms with E-state index in [9.17, 15) is 0 Å². The van der Waals surface area contributed by atoms with Crippen molar-refractivity contribution in [2.45, 2.75) is 69.6 Å². The number of benzene rings is 2. The second kappa shape index (κ2) is 6.96. The Morgan fingerprint density at radius 2 is 1.76 bits per heavy atom. The summed E-state index contributed by atoms with van der Waals surface area (Å²) >= 11 is 0. The molecule has 2 aliphatic carbocycles. The summed E-state index contributed by atoms with van der Waals surface area (Å²) in [5.74, 6) is 0.734. The van der Waals surface area contributed by atoms with E-state index in [4.69, 9.17) is 5.73 Å². The van der Waals surface area contributed by atoms with E-state index in [1.54, 1.807) is 16.7 Å². The lowest BCUT2D eigenvalue weighted by molar-refractivity contribution is 0.275. The zero-order valence-electron chi connectivity index (χ0n) is 15.6. The molecule has 0 aliphatic heterocycles. The van der Waals surface area contributed by atoms with E-state index in [2.05, 4.69) is 49.4 Å². The van der Waals surface area contributed by atoms with E-state index >= 15 is 0 Å². The molecule has 2 aliphatic rings. The molecule has 0 heterocycles. The summed E-state index contributed by atoms with van der Waals surface area (Å²) in [6, 6.07) is 16.1. The highest BCUT2D eigenvalue weighted by atomic mass is 14.6. The standard InChI is InChI=1S/C24H31N/c1-18-6-4-9-21(16-18)24(17-25)14-12-20(13-15-24)23-11-5-8-19-7-2-3-10-22(19)23/h4-6,8-9,11,16,20H,2-3,7,10,12-15,17,25H2,1H3/t20-,24-. The van der Waals surface area contributed by atoms with Crippen LogP contribution in [-0.4, -0.2) is 6.54 Å². The summed E-state index contributed by atoms with van der Waals surface area (Å²) in [5.41, 5.74) is 14.3. The first-order valence-electron chi connectivity index (χ1n) is 10.1. The van der Waals surface area contributed by atoms with Crippen molar-refractivity contribution < 1.29 is 0 Å². The van der Waals surface area contributed by atoms with Crippen molar-refractivity contribution in [3.8, 4) is 0 Å². The van der Waals surface area contributed by atoms with Gasteiger partial charge in [0.15, 0.2) is 0 Å². The van der Waals surface area contributed by atoms with Crippen LogP contribution in [-0.2, 0) is 18.3 Å². The molecule has 0 atom stereocenters. The Morgan fingerprint density at radius 1 is 1.00 bits per heavy atom. The van der Waals surface area contributed by atoms with Crippen LogP contribution in [0.1, 0.15) is 72.3 Å². The molecule has 2 aromatic carbocycles. The molecule has 0 bridgehead atoms. The smallest absolute Gasteiger partial charge is 0.00761 e. The fourth-order valence-electron chi connectivity index (χ4n) is 5.26. The first-order valence-corrected chi connectivity index (χ1v) is 10.1. The molecule has 0 amide bonds. The maximum Gasteiger partial charge on any atom is 0.00761 e. The molecule has 0 saturated heterocycles. The first kappa shape index (κ1) is 16.8. The molecule has 2 aromatic rings.